The first kappa shape index (κ1) is 15.9. The van der Waals surface area contributed by atoms with Crippen molar-refractivity contribution >= 4 is 17.7 Å². The summed E-state index contributed by atoms with van der Waals surface area (Å²) in [6.07, 6.45) is 3.16. The molecule has 1 aromatic carbocycles. The van der Waals surface area contributed by atoms with Crippen LogP contribution in [0.15, 0.2) is 29.4 Å². The molecule has 6 nitrogen and oxygen atoms in total. The van der Waals surface area contributed by atoms with Gasteiger partial charge in [0.15, 0.2) is 0 Å². The highest BCUT2D eigenvalue weighted by atomic mass is 32.2. The molecule has 3 N–H and O–H groups in total. The van der Waals surface area contributed by atoms with Gasteiger partial charge in [-0.05, 0) is 44.2 Å². The van der Waals surface area contributed by atoms with Gasteiger partial charge in [0.2, 0.25) is 11.1 Å². The number of thioether (sulfide) groups is 1. The SMILES string of the molecule is Cc1nnc(S[C@@H](C)C(=O)N[C@H]2CCCc3ccccc32)n1N. The smallest absolute Gasteiger partial charge is 0.233 e. The van der Waals surface area contributed by atoms with Crippen molar-refractivity contribution in [3.8, 4) is 0 Å². The van der Waals surface area contributed by atoms with Crippen molar-refractivity contribution in [1.29, 1.82) is 0 Å². The van der Waals surface area contributed by atoms with Gasteiger partial charge in [0.1, 0.15) is 5.82 Å². The van der Waals surface area contributed by atoms with E-state index in [-0.39, 0.29) is 17.2 Å². The summed E-state index contributed by atoms with van der Waals surface area (Å²) >= 11 is 1.32. The second-order valence-electron chi connectivity index (χ2n) is 5.81. The van der Waals surface area contributed by atoms with Gasteiger partial charge in [-0.25, -0.2) is 4.68 Å². The second-order valence-corrected chi connectivity index (χ2v) is 7.12. The van der Waals surface area contributed by atoms with E-state index in [0.29, 0.717) is 11.0 Å². The Balaban J connectivity index is 1.66. The molecule has 2 aromatic rings. The number of carbonyl (C=O) groups excluding carboxylic acids is 1. The zero-order valence-electron chi connectivity index (χ0n) is 13.3. The number of fused-ring (bicyclic) bond motifs is 1. The fraction of sp³-hybridized carbons (Fsp3) is 0.438. The van der Waals surface area contributed by atoms with Crippen LogP contribution in [0, 0.1) is 6.92 Å². The molecule has 1 aromatic heterocycles. The standard InChI is InChI=1S/C16H21N5OS/c1-10(23-16-20-19-11(2)21(16)17)15(22)18-14-9-5-7-12-6-3-4-8-13(12)14/h3-4,6,8,10,14H,5,7,9,17H2,1-2H3,(H,18,22)/t10-,14-/m0/s1. The van der Waals surface area contributed by atoms with Crippen LogP contribution in [0.1, 0.15) is 42.8 Å². The van der Waals surface area contributed by atoms with E-state index >= 15 is 0 Å². The van der Waals surface area contributed by atoms with Gasteiger partial charge in [0.05, 0.1) is 11.3 Å². The van der Waals surface area contributed by atoms with E-state index in [1.54, 1.807) is 6.92 Å². The minimum Gasteiger partial charge on any atom is -0.348 e. The van der Waals surface area contributed by atoms with Crippen LogP contribution < -0.4 is 11.2 Å². The lowest BCUT2D eigenvalue weighted by atomic mass is 9.88. The number of nitrogens with zero attached hydrogens (tertiary/aromatic N) is 3. The number of benzene rings is 1. The van der Waals surface area contributed by atoms with Crippen LogP contribution in [0.2, 0.25) is 0 Å². The molecule has 1 heterocycles. The van der Waals surface area contributed by atoms with Crippen LogP contribution in [0.3, 0.4) is 0 Å². The Bertz CT molecular complexity index is 714. The average Bonchev–Trinajstić information content (AvgIpc) is 2.87. The summed E-state index contributed by atoms with van der Waals surface area (Å²) in [4.78, 5) is 12.5. The maximum atomic E-state index is 12.5. The quantitative estimate of drug-likeness (QED) is 0.661. The molecule has 23 heavy (non-hydrogen) atoms. The summed E-state index contributed by atoms with van der Waals surface area (Å²) in [7, 11) is 0. The molecule has 1 aliphatic carbocycles. The van der Waals surface area contributed by atoms with E-state index in [1.807, 2.05) is 13.0 Å². The van der Waals surface area contributed by atoms with Crippen molar-refractivity contribution < 1.29 is 4.79 Å². The molecule has 122 valence electrons. The molecule has 1 aliphatic rings. The molecule has 1 amide bonds. The Morgan fingerprint density at radius 3 is 2.96 bits per heavy atom. The van der Waals surface area contributed by atoms with Crippen LogP contribution >= 0.6 is 11.8 Å². The van der Waals surface area contributed by atoms with Crippen molar-refractivity contribution in [1.82, 2.24) is 20.2 Å². The number of carbonyl (C=O) groups is 1. The van der Waals surface area contributed by atoms with Crippen molar-refractivity contribution in [3.05, 3.63) is 41.2 Å². The lowest BCUT2D eigenvalue weighted by molar-refractivity contribution is -0.121. The van der Waals surface area contributed by atoms with Gasteiger partial charge >= 0.3 is 0 Å². The Labute approximate surface area is 139 Å². The first-order valence-corrected chi connectivity index (χ1v) is 8.66. The minimum absolute atomic E-state index is 0.00245. The molecular formula is C16H21N5OS. The molecular weight excluding hydrogens is 310 g/mol. The third kappa shape index (κ3) is 3.34. The van der Waals surface area contributed by atoms with E-state index in [4.69, 9.17) is 5.84 Å². The fourth-order valence-electron chi connectivity index (χ4n) is 2.83. The zero-order valence-corrected chi connectivity index (χ0v) is 14.1. The number of nitrogens with one attached hydrogen (secondary N) is 1. The zero-order chi connectivity index (χ0) is 16.4. The lowest BCUT2D eigenvalue weighted by Crippen LogP contribution is -2.36. The second kappa shape index (κ2) is 6.62. The number of amides is 1. The van der Waals surface area contributed by atoms with Crippen LogP contribution in [0.25, 0.3) is 0 Å². The predicted octanol–water partition coefficient (Wildman–Crippen LogP) is 1.97. The van der Waals surface area contributed by atoms with Gasteiger partial charge in [-0.3, -0.25) is 4.79 Å². The summed E-state index contributed by atoms with van der Waals surface area (Å²) in [6, 6.07) is 8.43. The highest BCUT2D eigenvalue weighted by molar-refractivity contribution is 8.00. The van der Waals surface area contributed by atoms with Crippen LogP contribution in [-0.2, 0) is 11.2 Å². The summed E-state index contributed by atoms with van der Waals surface area (Å²) in [6.45, 7) is 3.64. The molecule has 2 atom stereocenters. The Morgan fingerprint density at radius 1 is 1.43 bits per heavy atom. The number of aromatic nitrogens is 3. The van der Waals surface area contributed by atoms with Gasteiger partial charge in [-0.2, -0.15) is 0 Å². The number of rotatable bonds is 4. The van der Waals surface area contributed by atoms with Gasteiger partial charge in [-0.15, -0.1) is 10.2 Å². The summed E-state index contributed by atoms with van der Waals surface area (Å²) < 4.78 is 1.41. The van der Waals surface area contributed by atoms with E-state index in [2.05, 4.69) is 33.7 Å². The number of aryl methyl sites for hydroxylation is 2. The molecule has 0 aliphatic heterocycles. The van der Waals surface area contributed by atoms with Gasteiger partial charge in [0, 0.05) is 0 Å². The molecule has 7 heteroatoms. The molecule has 0 saturated heterocycles. The molecule has 0 fully saturated rings. The number of hydrogen-bond donors (Lipinski definition) is 2. The van der Waals surface area contributed by atoms with Gasteiger partial charge < -0.3 is 11.2 Å². The molecule has 0 bridgehead atoms. The van der Waals surface area contributed by atoms with Gasteiger partial charge in [0.25, 0.3) is 0 Å². The summed E-state index contributed by atoms with van der Waals surface area (Å²) in [5.41, 5.74) is 2.57. The Morgan fingerprint density at radius 2 is 2.22 bits per heavy atom. The maximum Gasteiger partial charge on any atom is 0.233 e. The molecule has 0 radical (unpaired) electrons. The van der Waals surface area contributed by atoms with Crippen molar-refractivity contribution in [2.24, 2.45) is 0 Å². The monoisotopic (exact) mass is 331 g/mol. The summed E-state index contributed by atoms with van der Waals surface area (Å²) in [5, 5.41) is 11.3. The topological polar surface area (TPSA) is 85.8 Å². The highest BCUT2D eigenvalue weighted by Gasteiger charge is 2.25. The van der Waals surface area contributed by atoms with Crippen LogP contribution in [0.5, 0.6) is 0 Å². The average molecular weight is 331 g/mol. The maximum absolute atomic E-state index is 12.5. The van der Waals surface area contributed by atoms with Crippen LogP contribution in [0.4, 0.5) is 0 Å². The normalized spacial score (nSPS) is 18.3. The summed E-state index contributed by atoms with van der Waals surface area (Å²) in [5.74, 6) is 6.46. The molecule has 3 rings (SSSR count). The third-order valence-electron chi connectivity index (χ3n) is 4.17. The number of nitrogen functional groups attached to an aromatic ring is 1. The molecule has 0 saturated carbocycles. The lowest BCUT2D eigenvalue weighted by Gasteiger charge is -2.27. The molecule has 0 spiro atoms. The van der Waals surface area contributed by atoms with Crippen LogP contribution in [-0.4, -0.2) is 26.0 Å². The third-order valence-corrected chi connectivity index (χ3v) is 5.23. The van der Waals surface area contributed by atoms with Crippen molar-refractivity contribution in [2.75, 3.05) is 5.84 Å². The minimum atomic E-state index is -0.282. The van der Waals surface area contributed by atoms with E-state index in [9.17, 15) is 4.79 Å². The van der Waals surface area contributed by atoms with E-state index in [0.717, 1.165) is 19.3 Å². The van der Waals surface area contributed by atoms with Crippen molar-refractivity contribution in [2.45, 2.75) is 49.6 Å². The fourth-order valence-corrected chi connectivity index (χ4v) is 3.66. The highest BCUT2D eigenvalue weighted by Crippen LogP contribution is 2.30. The first-order valence-electron chi connectivity index (χ1n) is 7.78. The number of hydrogen-bond acceptors (Lipinski definition) is 5. The number of nitrogens with two attached hydrogens (primary N) is 1. The van der Waals surface area contributed by atoms with E-state index < -0.39 is 0 Å². The predicted molar refractivity (Wildman–Crippen MR) is 90.5 cm³/mol. The first-order chi connectivity index (χ1) is 11.1. The van der Waals surface area contributed by atoms with Gasteiger partial charge in [-0.1, -0.05) is 36.0 Å². The van der Waals surface area contributed by atoms with E-state index in [1.165, 1.54) is 27.6 Å². The molecule has 0 unspecified atom stereocenters. The Hall–Kier alpha value is -2.02. The largest absolute Gasteiger partial charge is 0.348 e. The Kier molecular flexibility index (Phi) is 4.56. The van der Waals surface area contributed by atoms with Crippen molar-refractivity contribution in [3.63, 3.8) is 0 Å².